The molecule has 4 heteroatoms. The molecule has 0 unspecified atom stereocenters. The fourth-order valence-corrected chi connectivity index (χ4v) is 1.04. The van der Waals surface area contributed by atoms with Crippen LogP contribution in [0.25, 0.3) is 0 Å². The van der Waals surface area contributed by atoms with Crippen LogP contribution in [0.4, 0.5) is 0 Å². The molecule has 0 amide bonds. The molecule has 0 bridgehead atoms. The Labute approximate surface area is 84.4 Å². The van der Waals surface area contributed by atoms with Crippen LogP contribution in [-0.4, -0.2) is 17.4 Å². The van der Waals surface area contributed by atoms with E-state index < -0.39 is 0 Å². The molecule has 1 aromatic carbocycles. The highest BCUT2D eigenvalue weighted by Gasteiger charge is 1.91. The van der Waals surface area contributed by atoms with Crippen molar-refractivity contribution >= 4 is 26.0 Å². The molecule has 0 aliphatic rings. The highest BCUT2D eigenvalue weighted by molar-refractivity contribution is 7.17. The quantitative estimate of drug-likeness (QED) is 0.545. The standard InChI is InChI=1S/C8H9O2P.Al.3H/c1-2-7-3-5-8(6-4-7)10-11-9;;;;/h3-6H,2H2,1H3;;;;. The van der Waals surface area contributed by atoms with Gasteiger partial charge in [-0.1, -0.05) is 19.1 Å². The largest absolute Gasteiger partial charge is 0.408 e. The summed E-state index contributed by atoms with van der Waals surface area (Å²) in [5.41, 5.74) is 1.25. The minimum atomic E-state index is -0.300. The highest BCUT2D eigenvalue weighted by Crippen LogP contribution is 2.15. The average Bonchev–Trinajstić information content (AvgIpc) is 2.07. The molecular formula is C8H12AlO2P. The molecule has 0 aromatic heterocycles. The second kappa shape index (κ2) is 6.20. The van der Waals surface area contributed by atoms with Crippen LogP contribution in [0.2, 0.25) is 0 Å². The van der Waals surface area contributed by atoms with Crippen LogP contribution in [0.3, 0.4) is 0 Å². The van der Waals surface area contributed by atoms with E-state index in [1.165, 1.54) is 5.56 Å². The molecule has 0 radical (unpaired) electrons. The van der Waals surface area contributed by atoms with Crippen LogP contribution >= 0.6 is 8.69 Å². The SMILES string of the molecule is CCc1ccc(OP=O)cc1.[AlH3]. The smallest absolute Gasteiger partial charge is 0.395 e. The van der Waals surface area contributed by atoms with Crippen molar-refractivity contribution in [1.82, 2.24) is 0 Å². The first-order chi connectivity index (χ1) is 5.36. The first-order valence-electron chi connectivity index (χ1n) is 3.45. The molecule has 0 spiro atoms. The van der Waals surface area contributed by atoms with Crippen molar-refractivity contribution in [3.8, 4) is 5.75 Å². The highest BCUT2D eigenvalue weighted by atomic mass is 31.1. The Bertz CT molecular complexity index is 235. The minimum absolute atomic E-state index is 0. The summed E-state index contributed by atoms with van der Waals surface area (Å²) < 4.78 is 14.7. The van der Waals surface area contributed by atoms with Crippen LogP contribution in [-0.2, 0) is 11.0 Å². The lowest BCUT2D eigenvalue weighted by Crippen LogP contribution is -1.79. The van der Waals surface area contributed by atoms with Crippen LogP contribution in [0.1, 0.15) is 12.5 Å². The molecule has 0 fully saturated rings. The zero-order valence-corrected chi connectivity index (χ0v) is 7.17. The number of benzene rings is 1. The van der Waals surface area contributed by atoms with Crippen LogP contribution < -0.4 is 4.52 Å². The van der Waals surface area contributed by atoms with Gasteiger partial charge in [0.25, 0.3) is 0 Å². The van der Waals surface area contributed by atoms with Gasteiger partial charge in [0.05, 0.1) is 0 Å². The van der Waals surface area contributed by atoms with Crippen molar-refractivity contribution in [3.63, 3.8) is 0 Å². The van der Waals surface area contributed by atoms with Gasteiger partial charge < -0.3 is 4.52 Å². The van der Waals surface area contributed by atoms with Gasteiger partial charge in [-0.05, 0) is 24.1 Å². The summed E-state index contributed by atoms with van der Waals surface area (Å²) in [5.74, 6) is 0.638. The average molecular weight is 198 g/mol. The second-order valence-corrected chi connectivity index (χ2v) is 2.49. The third kappa shape index (κ3) is 3.37. The molecule has 0 aliphatic carbocycles. The molecular weight excluding hydrogens is 186 g/mol. The lowest BCUT2D eigenvalue weighted by molar-refractivity contribution is 0.525. The predicted molar refractivity (Wildman–Crippen MR) is 54.0 cm³/mol. The van der Waals surface area contributed by atoms with Gasteiger partial charge in [-0.2, -0.15) is 0 Å². The molecule has 0 saturated heterocycles. The normalized spacial score (nSPS) is 9.08. The van der Waals surface area contributed by atoms with E-state index in [-0.39, 0.29) is 26.0 Å². The Morgan fingerprint density at radius 2 is 1.92 bits per heavy atom. The van der Waals surface area contributed by atoms with Crippen molar-refractivity contribution in [2.45, 2.75) is 13.3 Å². The summed E-state index contributed by atoms with van der Waals surface area (Å²) in [6.45, 7) is 2.09. The van der Waals surface area contributed by atoms with Crippen LogP contribution in [0, 0.1) is 0 Å². The number of aryl methyl sites for hydroxylation is 1. The van der Waals surface area contributed by atoms with Gasteiger partial charge in [0.1, 0.15) is 5.75 Å². The second-order valence-electron chi connectivity index (χ2n) is 2.16. The van der Waals surface area contributed by atoms with Gasteiger partial charge >= 0.3 is 8.69 Å². The van der Waals surface area contributed by atoms with Crippen molar-refractivity contribution in [2.75, 3.05) is 0 Å². The predicted octanol–water partition coefficient (Wildman–Crippen LogP) is 1.65. The van der Waals surface area contributed by atoms with Gasteiger partial charge in [0.2, 0.25) is 0 Å². The van der Waals surface area contributed by atoms with E-state index in [9.17, 15) is 4.57 Å². The summed E-state index contributed by atoms with van der Waals surface area (Å²) in [5, 5.41) is 0. The summed E-state index contributed by atoms with van der Waals surface area (Å²) in [6, 6.07) is 7.54. The van der Waals surface area contributed by atoms with Crippen molar-refractivity contribution < 1.29 is 9.09 Å². The van der Waals surface area contributed by atoms with E-state index >= 15 is 0 Å². The maximum atomic E-state index is 10.0. The van der Waals surface area contributed by atoms with E-state index in [0.717, 1.165) is 6.42 Å². The monoisotopic (exact) mass is 198 g/mol. The summed E-state index contributed by atoms with van der Waals surface area (Å²) >= 11 is 0. The number of rotatable bonds is 3. The van der Waals surface area contributed by atoms with E-state index in [1.807, 2.05) is 24.3 Å². The van der Waals surface area contributed by atoms with Gasteiger partial charge in [-0.15, -0.1) is 0 Å². The fraction of sp³-hybridized carbons (Fsp3) is 0.250. The Balaban J connectivity index is 0.00000121. The molecule has 0 atom stereocenters. The third-order valence-corrected chi connectivity index (χ3v) is 1.76. The molecule has 0 heterocycles. The lowest BCUT2D eigenvalue weighted by Gasteiger charge is -1.97. The maximum Gasteiger partial charge on any atom is 0.395 e. The van der Waals surface area contributed by atoms with Gasteiger partial charge in [0, 0.05) is 0 Å². The topological polar surface area (TPSA) is 26.3 Å². The molecule has 1 rings (SSSR count). The Kier molecular flexibility index (Phi) is 6.02. The summed E-state index contributed by atoms with van der Waals surface area (Å²) in [7, 11) is -0.300. The fourth-order valence-electron chi connectivity index (χ4n) is 0.829. The molecule has 2 nitrogen and oxygen atoms in total. The number of hydrogen-bond acceptors (Lipinski definition) is 2. The molecule has 1 aromatic rings. The minimum Gasteiger partial charge on any atom is -0.408 e. The van der Waals surface area contributed by atoms with Gasteiger partial charge in [-0.3, -0.25) is 0 Å². The summed E-state index contributed by atoms with van der Waals surface area (Å²) in [4.78, 5) is 0. The van der Waals surface area contributed by atoms with E-state index in [2.05, 4.69) is 6.92 Å². The zero-order chi connectivity index (χ0) is 8.10. The van der Waals surface area contributed by atoms with Gasteiger partial charge in [0.15, 0.2) is 17.4 Å². The molecule has 64 valence electrons. The first-order valence-corrected chi connectivity index (χ1v) is 4.18. The van der Waals surface area contributed by atoms with E-state index in [4.69, 9.17) is 4.52 Å². The van der Waals surface area contributed by atoms with Crippen molar-refractivity contribution in [1.29, 1.82) is 0 Å². The molecule has 0 saturated carbocycles. The summed E-state index contributed by atoms with van der Waals surface area (Å²) in [6.07, 6.45) is 1.01. The molecule has 0 aliphatic heterocycles. The van der Waals surface area contributed by atoms with Crippen LogP contribution in [0.5, 0.6) is 5.75 Å². The number of hydrogen-bond donors (Lipinski definition) is 0. The molecule has 12 heavy (non-hydrogen) atoms. The third-order valence-electron chi connectivity index (χ3n) is 1.47. The van der Waals surface area contributed by atoms with E-state index in [1.54, 1.807) is 0 Å². The van der Waals surface area contributed by atoms with Crippen molar-refractivity contribution in [2.24, 2.45) is 0 Å². The van der Waals surface area contributed by atoms with Gasteiger partial charge in [-0.25, -0.2) is 4.57 Å². The maximum absolute atomic E-state index is 10.0. The Hall–Kier alpha value is -0.348. The van der Waals surface area contributed by atoms with E-state index in [0.29, 0.717) is 5.75 Å². The Morgan fingerprint density at radius 3 is 2.33 bits per heavy atom. The lowest BCUT2D eigenvalue weighted by atomic mass is 10.2. The molecule has 0 N–H and O–H groups in total. The van der Waals surface area contributed by atoms with Crippen molar-refractivity contribution in [3.05, 3.63) is 29.8 Å². The Morgan fingerprint density at radius 1 is 1.33 bits per heavy atom. The van der Waals surface area contributed by atoms with Crippen LogP contribution in [0.15, 0.2) is 24.3 Å². The first kappa shape index (κ1) is 11.7. The zero-order valence-electron chi connectivity index (χ0n) is 6.28.